The van der Waals surface area contributed by atoms with Gasteiger partial charge in [-0.2, -0.15) is 0 Å². The first-order valence-electron chi connectivity index (χ1n) is 5.18. The minimum atomic E-state index is -0.684. The van der Waals surface area contributed by atoms with Crippen LogP contribution in [0, 0.1) is 11.3 Å². The highest BCUT2D eigenvalue weighted by Gasteiger charge is 2.38. The molecule has 3 heteroatoms. The highest BCUT2D eigenvalue weighted by atomic mass is 16.6. The Morgan fingerprint density at radius 1 is 1.00 bits per heavy atom. The van der Waals surface area contributed by atoms with Crippen LogP contribution in [0.4, 0.5) is 0 Å². The van der Waals surface area contributed by atoms with Crippen LogP contribution in [-0.2, 0) is 14.3 Å². The highest BCUT2D eigenvalue weighted by molar-refractivity contribution is 5.98. The van der Waals surface area contributed by atoms with Crippen molar-refractivity contribution in [3.8, 4) is 0 Å². The first-order valence-corrected chi connectivity index (χ1v) is 5.18. The monoisotopic (exact) mass is 214 g/mol. The number of rotatable bonds is 2. The summed E-state index contributed by atoms with van der Waals surface area (Å²) in [5, 5.41) is 0. The molecule has 0 spiro atoms. The summed E-state index contributed by atoms with van der Waals surface area (Å²) < 4.78 is 5.23. The first kappa shape index (κ1) is 14.1. The summed E-state index contributed by atoms with van der Waals surface area (Å²) in [5.74, 6) is -1.25. The van der Waals surface area contributed by atoms with Gasteiger partial charge in [0.25, 0.3) is 0 Å². The quantitative estimate of drug-likeness (QED) is 0.524. The van der Waals surface area contributed by atoms with Gasteiger partial charge in [0, 0.05) is 0 Å². The minimum absolute atomic E-state index is 0.142. The van der Waals surface area contributed by atoms with Crippen molar-refractivity contribution in [3.05, 3.63) is 0 Å². The Morgan fingerprint density at radius 3 is 1.60 bits per heavy atom. The molecule has 0 aromatic heterocycles. The van der Waals surface area contributed by atoms with E-state index in [2.05, 4.69) is 0 Å². The van der Waals surface area contributed by atoms with Gasteiger partial charge >= 0.3 is 5.97 Å². The largest absolute Gasteiger partial charge is 0.459 e. The zero-order valence-corrected chi connectivity index (χ0v) is 10.8. The number of ketones is 1. The number of Topliss-reactive ketones (excluding diaryl/α,β-unsaturated/α-hetero) is 1. The fraction of sp³-hybridized carbons (Fsp3) is 0.833. The molecule has 0 radical (unpaired) electrons. The molecule has 0 aliphatic heterocycles. The van der Waals surface area contributed by atoms with Crippen LogP contribution in [0.15, 0.2) is 0 Å². The summed E-state index contributed by atoms with van der Waals surface area (Å²) in [4.78, 5) is 23.2. The summed E-state index contributed by atoms with van der Waals surface area (Å²) >= 11 is 0. The number of ether oxygens (including phenoxy) is 1. The Balaban J connectivity index is 4.82. The van der Waals surface area contributed by atoms with Crippen LogP contribution in [0.5, 0.6) is 0 Å². The molecule has 0 aliphatic carbocycles. The van der Waals surface area contributed by atoms with Gasteiger partial charge in [0.1, 0.15) is 17.3 Å². The van der Waals surface area contributed by atoms with E-state index in [0.29, 0.717) is 0 Å². The second-order valence-electron chi connectivity index (χ2n) is 5.94. The second-order valence-corrected chi connectivity index (χ2v) is 5.94. The second kappa shape index (κ2) is 4.33. The minimum Gasteiger partial charge on any atom is -0.459 e. The molecule has 0 N–H and O–H groups in total. The summed E-state index contributed by atoms with van der Waals surface area (Å²) in [6, 6.07) is 0. The molecule has 0 saturated carbocycles. The normalized spacial score (nSPS) is 14.6. The molecule has 3 nitrogen and oxygen atoms in total. The molecule has 0 heterocycles. The smallest absolute Gasteiger partial charge is 0.317 e. The van der Waals surface area contributed by atoms with Crippen LogP contribution >= 0.6 is 0 Å². The van der Waals surface area contributed by atoms with Crippen molar-refractivity contribution >= 4 is 11.8 Å². The van der Waals surface area contributed by atoms with E-state index < -0.39 is 22.9 Å². The summed E-state index contributed by atoms with van der Waals surface area (Å²) in [5.41, 5.74) is -0.940. The van der Waals surface area contributed by atoms with Crippen LogP contribution in [0.25, 0.3) is 0 Å². The molecule has 0 fully saturated rings. The molecule has 15 heavy (non-hydrogen) atoms. The Morgan fingerprint density at radius 2 is 1.40 bits per heavy atom. The van der Waals surface area contributed by atoms with Gasteiger partial charge in [-0.15, -0.1) is 0 Å². The molecule has 1 atom stereocenters. The third-order valence-corrected chi connectivity index (χ3v) is 1.92. The lowest BCUT2D eigenvalue weighted by Crippen LogP contribution is -2.39. The molecular formula is C12H22O3. The molecule has 0 saturated heterocycles. The molecule has 1 unspecified atom stereocenters. The van der Waals surface area contributed by atoms with Crippen molar-refractivity contribution in [2.75, 3.05) is 0 Å². The van der Waals surface area contributed by atoms with E-state index in [1.54, 1.807) is 20.8 Å². The average molecular weight is 214 g/mol. The Bertz CT molecular complexity index is 253. The number of esters is 1. The van der Waals surface area contributed by atoms with E-state index in [-0.39, 0.29) is 5.78 Å². The van der Waals surface area contributed by atoms with Gasteiger partial charge < -0.3 is 4.74 Å². The van der Waals surface area contributed by atoms with E-state index in [1.165, 1.54) is 6.92 Å². The molecule has 0 aromatic rings. The SMILES string of the molecule is CC(=O)C(C(=O)OC(C)(C)C)C(C)(C)C. The first-order chi connectivity index (χ1) is 6.45. The molecular weight excluding hydrogens is 192 g/mol. The number of carbonyl (C=O) groups is 2. The van der Waals surface area contributed by atoms with E-state index >= 15 is 0 Å². The van der Waals surface area contributed by atoms with Crippen LogP contribution in [0.2, 0.25) is 0 Å². The van der Waals surface area contributed by atoms with Gasteiger partial charge in [0.2, 0.25) is 0 Å². The van der Waals surface area contributed by atoms with Crippen LogP contribution < -0.4 is 0 Å². The Kier molecular flexibility index (Phi) is 4.08. The van der Waals surface area contributed by atoms with Crippen molar-refractivity contribution in [2.24, 2.45) is 11.3 Å². The molecule has 88 valence electrons. The third kappa shape index (κ3) is 4.96. The predicted molar refractivity (Wildman–Crippen MR) is 59.5 cm³/mol. The lowest BCUT2D eigenvalue weighted by atomic mass is 9.78. The van der Waals surface area contributed by atoms with Crippen molar-refractivity contribution < 1.29 is 14.3 Å². The maximum atomic E-state index is 11.8. The number of carbonyl (C=O) groups excluding carboxylic acids is 2. The van der Waals surface area contributed by atoms with Crippen LogP contribution in [-0.4, -0.2) is 17.4 Å². The summed E-state index contributed by atoms with van der Waals surface area (Å²) in [7, 11) is 0. The third-order valence-electron chi connectivity index (χ3n) is 1.92. The summed E-state index contributed by atoms with van der Waals surface area (Å²) in [6.45, 7) is 12.4. The van der Waals surface area contributed by atoms with Gasteiger partial charge in [-0.3, -0.25) is 9.59 Å². The fourth-order valence-electron chi connectivity index (χ4n) is 1.49. The van der Waals surface area contributed by atoms with Crippen molar-refractivity contribution in [3.63, 3.8) is 0 Å². The average Bonchev–Trinajstić information content (AvgIpc) is 1.74. The Labute approximate surface area is 92.2 Å². The number of hydrogen-bond acceptors (Lipinski definition) is 3. The van der Waals surface area contributed by atoms with Gasteiger partial charge in [-0.1, -0.05) is 20.8 Å². The van der Waals surface area contributed by atoms with Gasteiger partial charge in [-0.25, -0.2) is 0 Å². The molecule has 0 amide bonds. The fourth-order valence-corrected chi connectivity index (χ4v) is 1.49. The molecule has 0 aliphatic rings. The zero-order valence-electron chi connectivity index (χ0n) is 10.8. The van der Waals surface area contributed by atoms with Crippen molar-refractivity contribution in [2.45, 2.75) is 54.1 Å². The topological polar surface area (TPSA) is 43.4 Å². The maximum Gasteiger partial charge on any atom is 0.317 e. The predicted octanol–water partition coefficient (Wildman–Crippen LogP) is 2.58. The van der Waals surface area contributed by atoms with Gasteiger partial charge in [-0.05, 0) is 33.1 Å². The van der Waals surface area contributed by atoms with Crippen LogP contribution in [0.3, 0.4) is 0 Å². The molecule has 0 bridgehead atoms. The van der Waals surface area contributed by atoms with Crippen molar-refractivity contribution in [1.29, 1.82) is 0 Å². The highest BCUT2D eigenvalue weighted by Crippen LogP contribution is 2.29. The van der Waals surface area contributed by atoms with Gasteiger partial charge in [0.15, 0.2) is 0 Å². The number of hydrogen-bond donors (Lipinski definition) is 0. The van der Waals surface area contributed by atoms with Gasteiger partial charge in [0.05, 0.1) is 0 Å². The van der Waals surface area contributed by atoms with Crippen molar-refractivity contribution in [1.82, 2.24) is 0 Å². The molecule has 0 rings (SSSR count). The van der Waals surface area contributed by atoms with E-state index in [9.17, 15) is 9.59 Å². The Hall–Kier alpha value is -0.860. The van der Waals surface area contributed by atoms with E-state index in [4.69, 9.17) is 4.74 Å². The standard InChI is InChI=1S/C12H22O3/c1-8(13)9(11(2,3)4)10(14)15-12(5,6)7/h9H,1-7H3. The zero-order chi connectivity index (χ0) is 12.4. The lowest BCUT2D eigenvalue weighted by Gasteiger charge is -2.30. The van der Waals surface area contributed by atoms with E-state index in [1.807, 2.05) is 20.8 Å². The van der Waals surface area contributed by atoms with Crippen LogP contribution in [0.1, 0.15) is 48.5 Å². The summed E-state index contributed by atoms with van der Waals surface area (Å²) in [6.07, 6.45) is 0. The lowest BCUT2D eigenvalue weighted by molar-refractivity contribution is -0.165. The maximum absolute atomic E-state index is 11.8. The molecule has 0 aromatic carbocycles. The van der Waals surface area contributed by atoms with E-state index in [0.717, 1.165) is 0 Å².